The van der Waals surface area contributed by atoms with Gasteiger partial charge in [-0.15, -0.1) is 0 Å². The van der Waals surface area contributed by atoms with Crippen LogP contribution in [0.2, 0.25) is 0 Å². The van der Waals surface area contributed by atoms with Gasteiger partial charge in [0.2, 0.25) is 0 Å². The Labute approximate surface area is 178 Å². The van der Waals surface area contributed by atoms with Crippen LogP contribution in [-0.2, 0) is 36.5 Å². The topological polar surface area (TPSA) is 93.7 Å². The maximum atomic E-state index is 12.8. The molecule has 0 aliphatic rings. The second kappa shape index (κ2) is 12.9. The Morgan fingerprint density at radius 1 is 0.767 bits per heavy atom. The normalized spacial score (nSPS) is 12.6. The van der Waals surface area contributed by atoms with Gasteiger partial charge >= 0.3 is 20.0 Å². The highest BCUT2D eigenvalue weighted by atomic mass is 31.1. The minimum Gasteiger partial charge on any atom is -0.465 e. The lowest BCUT2D eigenvalue weighted by molar-refractivity contribution is -0.145. The molecule has 2 rings (SSSR count). The third-order valence-electron chi connectivity index (χ3n) is 4.25. The molecule has 0 unspecified atom stereocenters. The number of carbonyl (C=O) groups is 2. The van der Waals surface area contributed by atoms with Gasteiger partial charge in [-0.05, 0) is 29.5 Å². The lowest BCUT2D eigenvalue weighted by Gasteiger charge is -2.14. The van der Waals surface area contributed by atoms with Crippen molar-refractivity contribution in [3.05, 3.63) is 71.8 Å². The van der Waals surface area contributed by atoms with E-state index in [1.807, 2.05) is 60.7 Å². The Kier molecular flexibility index (Phi) is 10.1. The average Bonchev–Trinajstić information content (AvgIpc) is 2.74. The molecule has 0 heterocycles. The van der Waals surface area contributed by atoms with E-state index >= 15 is 0 Å². The number of ether oxygens (including phenoxy) is 2. The summed E-state index contributed by atoms with van der Waals surface area (Å²) in [7, 11) is -2.29. The average molecular weight is 431 g/mol. The molecule has 2 N–H and O–H groups in total. The van der Waals surface area contributed by atoms with Crippen LogP contribution >= 0.6 is 8.10 Å². The van der Waals surface area contributed by atoms with Crippen LogP contribution < -0.4 is 10.2 Å². The van der Waals surface area contributed by atoms with Crippen molar-refractivity contribution in [3.8, 4) is 0 Å². The zero-order valence-corrected chi connectivity index (χ0v) is 18.1. The molecular weight excluding hydrogens is 403 g/mol. The lowest BCUT2D eigenvalue weighted by Crippen LogP contribution is -2.42. The number of carbonyl (C=O) groups excluding carboxylic acids is 2. The zero-order valence-electron chi connectivity index (χ0n) is 17.2. The third kappa shape index (κ3) is 8.03. The van der Waals surface area contributed by atoms with Crippen LogP contribution in [0.4, 0.5) is 0 Å². The van der Waals surface area contributed by atoms with E-state index in [2.05, 4.69) is 10.2 Å². The van der Waals surface area contributed by atoms with E-state index in [-0.39, 0.29) is 13.2 Å². The molecule has 0 spiro atoms. The molecule has 0 saturated carbocycles. The maximum Gasteiger partial charge on any atom is 0.533 e. The van der Waals surface area contributed by atoms with E-state index < -0.39 is 32.1 Å². The first kappa shape index (κ1) is 23.7. The van der Waals surface area contributed by atoms with E-state index in [1.54, 1.807) is 13.8 Å². The van der Waals surface area contributed by atoms with Gasteiger partial charge in [0.25, 0.3) is 0 Å². The van der Waals surface area contributed by atoms with Crippen molar-refractivity contribution in [2.75, 3.05) is 13.2 Å². The SMILES string of the molecule is CCOC(=O)[C@H](Cc1ccccc1)N[P+](=O)N[C@@H](Cc1ccccc1)C(=O)OCC. The van der Waals surface area contributed by atoms with Crippen molar-refractivity contribution >= 4 is 20.0 Å². The van der Waals surface area contributed by atoms with Crippen LogP contribution in [-0.4, -0.2) is 37.2 Å². The van der Waals surface area contributed by atoms with Crippen molar-refractivity contribution in [2.24, 2.45) is 0 Å². The first-order chi connectivity index (χ1) is 14.5. The predicted molar refractivity (Wildman–Crippen MR) is 115 cm³/mol. The van der Waals surface area contributed by atoms with E-state index in [0.717, 1.165) is 11.1 Å². The van der Waals surface area contributed by atoms with Gasteiger partial charge in [0, 0.05) is 12.8 Å². The molecule has 7 nitrogen and oxygen atoms in total. The van der Waals surface area contributed by atoms with Gasteiger partial charge in [-0.1, -0.05) is 70.8 Å². The number of benzene rings is 2. The summed E-state index contributed by atoms with van der Waals surface area (Å²) >= 11 is 0. The molecule has 0 aromatic heterocycles. The van der Waals surface area contributed by atoms with Gasteiger partial charge in [-0.25, -0.2) is 0 Å². The lowest BCUT2D eigenvalue weighted by atomic mass is 10.1. The van der Waals surface area contributed by atoms with Gasteiger partial charge in [0.15, 0.2) is 12.1 Å². The minimum absolute atomic E-state index is 0.218. The standard InChI is InChI=1S/C22H28N2O5P/c1-3-28-21(25)19(15-17-11-7-5-8-12-17)23-30(27)24-20(22(26)29-4-2)16-18-13-9-6-10-14-18/h5-14,19-20H,3-4,15-16H2,1-2H3,(H2,23,24,27)/q+1/t19-,20-/m0/s1. The van der Waals surface area contributed by atoms with E-state index in [1.165, 1.54) is 0 Å². The zero-order chi connectivity index (χ0) is 21.8. The van der Waals surface area contributed by atoms with Crippen LogP contribution in [0.25, 0.3) is 0 Å². The van der Waals surface area contributed by atoms with E-state index in [0.29, 0.717) is 12.8 Å². The summed E-state index contributed by atoms with van der Waals surface area (Å²) in [6.07, 6.45) is 0.621. The highest BCUT2D eigenvalue weighted by Gasteiger charge is 2.34. The van der Waals surface area contributed by atoms with Gasteiger partial charge < -0.3 is 9.47 Å². The van der Waals surface area contributed by atoms with Gasteiger partial charge in [-0.2, -0.15) is 0 Å². The number of nitrogens with one attached hydrogen (secondary N) is 2. The summed E-state index contributed by atoms with van der Waals surface area (Å²) in [6.45, 7) is 3.86. The third-order valence-corrected chi connectivity index (χ3v) is 5.35. The number of esters is 2. The number of hydrogen-bond donors (Lipinski definition) is 2. The van der Waals surface area contributed by atoms with Gasteiger partial charge in [0.05, 0.1) is 13.2 Å². The monoisotopic (exact) mass is 431 g/mol. The predicted octanol–water partition coefficient (Wildman–Crippen LogP) is 3.17. The molecule has 2 atom stereocenters. The summed E-state index contributed by atoms with van der Waals surface area (Å²) in [6, 6.07) is 17.1. The van der Waals surface area contributed by atoms with E-state index in [9.17, 15) is 14.2 Å². The molecule has 8 heteroatoms. The first-order valence-corrected chi connectivity index (χ1v) is 11.2. The molecule has 0 saturated heterocycles. The second-order valence-electron chi connectivity index (χ2n) is 6.54. The van der Waals surface area contributed by atoms with Crippen molar-refractivity contribution in [3.63, 3.8) is 0 Å². The summed E-state index contributed by atoms with van der Waals surface area (Å²) in [5.41, 5.74) is 1.80. The second-order valence-corrected chi connectivity index (χ2v) is 7.65. The fraction of sp³-hybridized carbons (Fsp3) is 0.364. The van der Waals surface area contributed by atoms with Crippen molar-refractivity contribution in [1.29, 1.82) is 0 Å². The van der Waals surface area contributed by atoms with Crippen LogP contribution in [0.3, 0.4) is 0 Å². The van der Waals surface area contributed by atoms with Crippen molar-refractivity contribution in [1.82, 2.24) is 10.2 Å². The van der Waals surface area contributed by atoms with E-state index in [4.69, 9.17) is 9.47 Å². The van der Waals surface area contributed by atoms with Crippen molar-refractivity contribution in [2.45, 2.75) is 38.8 Å². The Balaban J connectivity index is 2.08. The van der Waals surface area contributed by atoms with Crippen LogP contribution in [0, 0.1) is 0 Å². The molecule has 0 bridgehead atoms. The van der Waals surface area contributed by atoms with Crippen molar-refractivity contribution < 1.29 is 23.6 Å². The molecule has 160 valence electrons. The molecule has 0 aliphatic carbocycles. The van der Waals surface area contributed by atoms with Crippen LogP contribution in [0.5, 0.6) is 0 Å². The minimum atomic E-state index is -2.29. The number of hydrogen-bond acceptors (Lipinski definition) is 5. The highest BCUT2D eigenvalue weighted by Crippen LogP contribution is 2.17. The largest absolute Gasteiger partial charge is 0.533 e. The molecular formula is C22H28N2O5P+. The Hall–Kier alpha value is -2.60. The van der Waals surface area contributed by atoms with Crippen LogP contribution in [0.1, 0.15) is 25.0 Å². The summed E-state index contributed by atoms with van der Waals surface area (Å²) in [4.78, 5) is 24.7. The Morgan fingerprint density at radius 3 is 1.47 bits per heavy atom. The molecule has 30 heavy (non-hydrogen) atoms. The molecule has 2 aromatic carbocycles. The molecule has 2 aromatic rings. The van der Waals surface area contributed by atoms with Gasteiger partial charge in [-0.3, -0.25) is 9.59 Å². The highest BCUT2D eigenvalue weighted by molar-refractivity contribution is 7.40. The van der Waals surface area contributed by atoms with Gasteiger partial charge in [0.1, 0.15) is 0 Å². The smallest absolute Gasteiger partial charge is 0.465 e. The summed E-state index contributed by atoms with van der Waals surface area (Å²) in [5.74, 6) is -0.996. The summed E-state index contributed by atoms with van der Waals surface area (Å²) < 4.78 is 23.0. The summed E-state index contributed by atoms with van der Waals surface area (Å²) in [5, 5.41) is 5.56. The fourth-order valence-corrected chi connectivity index (χ4v) is 3.90. The fourth-order valence-electron chi connectivity index (χ4n) is 2.87. The number of rotatable bonds is 12. The molecule has 0 amide bonds. The Morgan fingerprint density at radius 2 is 1.13 bits per heavy atom. The molecule has 0 aliphatic heterocycles. The molecule has 0 fully saturated rings. The quantitative estimate of drug-likeness (QED) is 0.394. The first-order valence-electron chi connectivity index (χ1n) is 9.94. The Bertz CT molecular complexity index is 749. The maximum absolute atomic E-state index is 12.8. The molecule has 0 radical (unpaired) electrons. The van der Waals surface area contributed by atoms with Crippen LogP contribution in [0.15, 0.2) is 60.7 Å².